The number of hydrogen-bond donors (Lipinski definition) is 1. The molecule has 2 atom stereocenters. The first-order valence-corrected chi connectivity index (χ1v) is 7.24. The Kier molecular flexibility index (Phi) is 6.65. The molecule has 0 bridgehead atoms. The Morgan fingerprint density at radius 1 is 1.50 bits per heavy atom. The van der Waals surface area contributed by atoms with Gasteiger partial charge in [0.2, 0.25) is 5.91 Å². The van der Waals surface area contributed by atoms with Crippen LogP contribution in [0.25, 0.3) is 0 Å². The van der Waals surface area contributed by atoms with Gasteiger partial charge in [0, 0.05) is 19.1 Å². The van der Waals surface area contributed by atoms with Crippen LogP contribution in [-0.2, 0) is 4.79 Å². The maximum absolute atomic E-state index is 12.0. The summed E-state index contributed by atoms with van der Waals surface area (Å²) in [5, 5.41) is 3.03. The first kappa shape index (κ1) is 15.4. The van der Waals surface area contributed by atoms with Crippen LogP contribution in [0, 0.1) is 0 Å². The number of carbonyl (C=O) groups is 1. The molecule has 0 radical (unpaired) electrons. The van der Waals surface area contributed by atoms with E-state index >= 15 is 0 Å². The number of unbranched alkanes of at least 4 members (excludes halogenated alkanes) is 1. The Labute approximate surface area is 112 Å². The molecule has 0 aliphatic carbocycles. The highest BCUT2D eigenvalue weighted by molar-refractivity contribution is 5.81. The van der Waals surface area contributed by atoms with Crippen molar-refractivity contribution in [2.24, 2.45) is 0 Å². The van der Waals surface area contributed by atoms with E-state index in [2.05, 4.69) is 36.1 Å². The molecule has 0 spiro atoms. The number of rotatable bonds is 6. The van der Waals surface area contributed by atoms with Crippen LogP contribution >= 0.6 is 0 Å². The second-order valence-electron chi connectivity index (χ2n) is 5.58. The Bertz CT molecular complexity index is 255. The minimum atomic E-state index is 0.00426. The Morgan fingerprint density at radius 2 is 2.22 bits per heavy atom. The largest absolute Gasteiger partial charge is 0.355 e. The molecule has 1 saturated heterocycles. The highest BCUT2D eigenvalue weighted by Gasteiger charge is 2.27. The third-order valence-electron chi connectivity index (χ3n) is 3.91. The fourth-order valence-electron chi connectivity index (χ4n) is 2.46. The molecule has 1 aliphatic heterocycles. The number of nitrogens with zero attached hydrogens (tertiary/aromatic N) is 2. The molecule has 4 heteroatoms. The number of hydrogen-bond acceptors (Lipinski definition) is 3. The van der Waals surface area contributed by atoms with Crippen LogP contribution < -0.4 is 5.32 Å². The van der Waals surface area contributed by atoms with Gasteiger partial charge in [0.05, 0.1) is 6.04 Å². The monoisotopic (exact) mass is 255 g/mol. The third-order valence-corrected chi connectivity index (χ3v) is 3.91. The predicted molar refractivity (Wildman–Crippen MR) is 75.7 cm³/mol. The zero-order chi connectivity index (χ0) is 13.5. The molecule has 1 N–H and O–H groups in total. The molecule has 1 rings (SSSR count). The smallest absolute Gasteiger partial charge is 0.237 e. The molecule has 0 aromatic carbocycles. The topological polar surface area (TPSA) is 35.6 Å². The van der Waals surface area contributed by atoms with Gasteiger partial charge in [-0.3, -0.25) is 9.69 Å². The zero-order valence-electron chi connectivity index (χ0n) is 12.4. The zero-order valence-corrected chi connectivity index (χ0v) is 12.4. The molecule has 1 heterocycles. The van der Waals surface area contributed by atoms with Gasteiger partial charge in [0.1, 0.15) is 0 Å². The molecular weight excluding hydrogens is 226 g/mol. The highest BCUT2D eigenvalue weighted by atomic mass is 16.2. The molecule has 4 nitrogen and oxygen atoms in total. The Balaban J connectivity index is 2.40. The van der Waals surface area contributed by atoms with Crippen molar-refractivity contribution in [1.82, 2.24) is 15.1 Å². The van der Waals surface area contributed by atoms with Gasteiger partial charge in [-0.1, -0.05) is 13.3 Å². The minimum absolute atomic E-state index is 0.00426. The van der Waals surface area contributed by atoms with E-state index in [4.69, 9.17) is 0 Å². The van der Waals surface area contributed by atoms with Crippen molar-refractivity contribution in [2.45, 2.75) is 51.6 Å². The van der Waals surface area contributed by atoms with Crippen LogP contribution in [0.4, 0.5) is 0 Å². The molecule has 0 saturated carbocycles. The summed E-state index contributed by atoms with van der Waals surface area (Å²) in [6.45, 7) is 7.04. The summed E-state index contributed by atoms with van der Waals surface area (Å²) in [7, 11) is 4.25. The van der Waals surface area contributed by atoms with E-state index in [1.54, 1.807) is 0 Å². The van der Waals surface area contributed by atoms with Gasteiger partial charge in [-0.25, -0.2) is 0 Å². The number of likely N-dealkylation sites (N-methyl/N-ethyl adjacent to an activating group) is 1. The van der Waals surface area contributed by atoms with Crippen LogP contribution in [0.3, 0.4) is 0 Å². The van der Waals surface area contributed by atoms with E-state index in [0.29, 0.717) is 6.04 Å². The van der Waals surface area contributed by atoms with Crippen LogP contribution in [0.5, 0.6) is 0 Å². The molecule has 0 aromatic heterocycles. The number of amides is 1. The van der Waals surface area contributed by atoms with Gasteiger partial charge in [0.25, 0.3) is 0 Å². The van der Waals surface area contributed by atoms with E-state index in [-0.39, 0.29) is 11.9 Å². The molecule has 106 valence electrons. The van der Waals surface area contributed by atoms with Crippen molar-refractivity contribution in [3.05, 3.63) is 0 Å². The first-order valence-electron chi connectivity index (χ1n) is 7.24. The molecule has 2 unspecified atom stereocenters. The summed E-state index contributed by atoms with van der Waals surface area (Å²) in [6, 6.07) is 0.592. The van der Waals surface area contributed by atoms with E-state index in [1.807, 2.05) is 6.92 Å². The fourth-order valence-corrected chi connectivity index (χ4v) is 2.46. The van der Waals surface area contributed by atoms with E-state index < -0.39 is 0 Å². The van der Waals surface area contributed by atoms with E-state index in [0.717, 1.165) is 32.5 Å². The average molecular weight is 255 g/mol. The van der Waals surface area contributed by atoms with Crippen molar-refractivity contribution in [2.75, 3.05) is 33.7 Å². The van der Waals surface area contributed by atoms with Crippen LogP contribution in [0.1, 0.15) is 39.5 Å². The molecule has 1 fully saturated rings. The van der Waals surface area contributed by atoms with Gasteiger partial charge in [0.15, 0.2) is 0 Å². The van der Waals surface area contributed by atoms with Crippen LogP contribution in [-0.4, -0.2) is 61.5 Å². The summed E-state index contributed by atoms with van der Waals surface area (Å²) < 4.78 is 0. The van der Waals surface area contributed by atoms with Crippen LogP contribution in [0.15, 0.2) is 0 Å². The summed E-state index contributed by atoms with van der Waals surface area (Å²) in [4.78, 5) is 16.6. The number of likely N-dealkylation sites (tertiary alicyclic amines) is 1. The summed E-state index contributed by atoms with van der Waals surface area (Å²) in [5.74, 6) is 0.183. The van der Waals surface area contributed by atoms with E-state index in [9.17, 15) is 4.79 Å². The lowest BCUT2D eigenvalue weighted by Gasteiger charge is -2.38. The van der Waals surface area contributed by atoms with E-state index in [1.165, 1.54) is 12.8 Å². The summed E-state index contributed by atoms with van der Waals surface area (Å²) in [6.07, 6.45) is 4.63. The normalized spacial score (nSPS) is 23.1. The molecule has 1 aliphatic rings. The second kappa shape index (κ2) is 7.74. The molecule has 1 amide bonds. The van der Waals surface area contributed by atoms with Crippen molar-refractivity contribution in [3.63, 3.8) is 0 Å². The SMILES string of the molecule is CCCCNC(=O)C(C)N1CCCC(N(C)C)C1. The lowest BCUT2D eigenvalue weighted by Crippen LogP contribution is -2.53. The van der Waals surface area contributed by atoms with Gasteiger partial charge < -0.3 is 10.2 Å². The molecule has 18 heavy (non-hydrogen) atoms. The first-order chi connectivity index (χ1) is 8.56. The maximum Gasteiger partial charge on any atom is 0.237 e. The summed E-state index contributed by atoms with van der Waals surface area (Å²) in [5.41, 5.74) is 0. The quantitative estimate of drug-likeness (QED) is 0.727. The van der Waals surface area contributed by atoms with Crippen LogP contribution in [0.2, 0.25) is 0 Å². The average Bonchev–Trinajstić information content (AvgIpc) is 2.38. The highest BCUT2D eigenvalue weighted by Crippen LogP contribution is 2.16. The Hall–Kier alpha value is -0.610. The van der Waals surface area contributed by atoms with Crippen molar-refractivity contribution < 1.29 is 4.79 Å². The number of nitrogens with one attached hydrogen (secondary N) is 1. The Morgan fingerprint density at radius 3 is 2.83 bits per heavy atom. The maximum atomic E-state index is 12.0. The van der Waals surface area contributed by atoms with Crippen molar-refractivity contribution in [1.29, 1.82) is 0 Å². The van der Waals surface area contributed by atoms with Gasteiger partial charge in [-0.15, -0.1) is 0 Å². The lowest BCUT2D eigenvalue weighted by atomic mass is 10.0. The standard InChI is InChI=1S/C14H29N3O/c1-5-6-9-15-14(18)12(2)17-10-7-8-13(11-17)16(3)4/h12-13H,5-11H2,1-4H3,(H,15,18). The van der Waals surface area contributed by atoms with Gasteiger partial charge in [-0.05, 0) is 46.8 Å². The third kappa shape index (κ3) is 4.58. The van der Waals surface area contributed by atoms with Gasteiger partial charge in [-0.2, -0.15) is 0 Å². The molecule has 0 aromatic rings. The van der Waals surface area contributed by atoms with Crippen molar-refractivity contribution >= 4 is 5.91 Å². The van der Waals surface area contributed by atoms with Gasteiger partial charge >= 0.3 is 0 Å². The minimum Gasteiger partial charge on any atom is -0.355 e. The number of piperidine rings is 1. The van der Waals surface area contributed by atoms with Crippen molar-refractivity contribution in [3.8, 4) is 0 Å². The lowest BCUT2D eigenvalue weighted by molar-refractivity contribution is -0.126. The second-order valence-corrected chi connectivity index (χ2v) is 5.58. The number of carbonyl (C=O) groups excluding carboxylic acids is 1. The fraction of sp³-hybridized carbons (Fsp3) is 0.929. The molecular formula is C14H29N3O. The summed E-state index contributed by atoms with van der Waals surface area (Å²) >= 11 is 0. The predicted octanol–water partition coefficient (Wildman–Crippen LogP) is 1.32.